The van der Waals surface area contributed by atoms with Crippen molar-refractivity contribution in [1.82, 2.24) is 0 Å². The third-order valence-electron chi connectivity index (χ3n) is 3.71. The normalized spacial score (nSPS) is 49.0. The number of methoxy groups -OCH3 is 1. The number of aliphatic hydroxyl groups excluding tert-OH is 1. The van der Waals surface area contributed by atoms with Crippen LogP contribution in [0.2, 0.25) is 0 Å². The molecule has 4 heteroatoms. The van der Waals surface area contributed by atoms with Crippen LogP contribution >= 0.6 is 0 Å². The van der Waals surface area contributed by atoms with Crippen LogP contribution in [-0.2, 0) is 9.47 Å². The highest BCUT2D eigenvalue weighted by atomic mass is 16.7. The lowest BCUT2D eigenvalue weighted by Gasteiger charge is -2.39. The van der Waals surface area contributed by atoms with Gasteiger partial charge in [-0.1, -0.05) is 13.8 Å². The number of ether oxygens (including phenoxy) is 2. The Hall–Kier alpha value is -0.160. The van der Waals surface area contributed by atoms with E-state index in [0.717, 1.165) is 12.8 Å². The van der Waals surface area contributed by atoms with E-state index in [4.69, 9.17) is 15.2 Å². The average Bonchev–Trinajstić information content (AvgIpc) is 2.47. The van der Waals surface area contributed by atoms with E-state index in [2.05, 4.69) is 13.8 Å². The number of fused-ring (bicyclic) bond motifs is 1. The molecule has 1 aliphatic carbocycles. The van der Waals surface area contributed by atoms with Crippen LogP contribution in [0.1, 0.15) is 26.7 Å². The molecule has 2 aliphatic rings. The average molecular weight is 215 g/mol. The van der Waals surface area contributed by atoms with Crippen LogP contribution in [0.5, 0.6) is 0 Å². The van der Waals surface area contributed by atoms with Gasteiger partial charge in [-0.05, 0) is 18.3 Å². The molecule has 5 atom stereocenters. The van der Waals surface area contributed by atoms with Gasteiger partial charge in [0.15, 0.2) is 6.29 Å². The summed E-state index contributed by atoms with van der Waals surface area (Å²) in [6.45, 7) is 4.41. The number of aliphatic hydroxyl groups is 1. The largest absolute Gasteiger partial charge is 0.391 e. The lowest BCUT2D eigenvalue weighted by molar-refractivity contribution is -0.229. The minimum absolute atomic E-state index is 0.0970. The Balaban J connectivity index is 2.13. The Morgan fingerprint density at radius 2 is 2.07 bits per heavy atom. The molecular weight excluding hydrogens is 194 g/mol. The molecule has 0 aromatic carbocycles. The molecule has 1 heterocycles. The summed E-state index contributed by atoms with van der Waals surface area (Å²) in [6, 6.07) is -0.426. The molecule has 1 aliphatic heterocycles. The van der Waals surface area contributed by atoms with Gasteiger partial charge in [0.2, 0.25) is 0 Å². The third kappa shape index (κ3) is 1.91. The first-order valence-electron chi connectivity index (χ1n) is 5.56. The van der Waals surface area contributed by atoms with E-state index in [-0.39, 0.29) is 17.4 Å². The molecule has 0 radical (unpaired) electrons. The topological polar surface area (TPSA) is 64.7 Å². The quantitative estimate of drug-likeness (QED) is 0.668. The van der Waals surface area contributed by atoms with Gasteiger partial charge in [0.05, 0.1) is 18.2 Å². The molecule has 5 unspecified atom stereocenters. The third-order valence-corrected chi connectivity index (χ3v) is 3.71. The highest BCUT2D eigenvalue weighted by molar-refractivity contribution is 4.99. The van der Waals surface area contributed by atoms with E-state index in [0.29, 0.717) is 0 Å². The van der Waals surface area contributed by atoms with E-state index < -0.39 is 18.4 Å². The van der Waals surface area contributed by atoms with E-state index >= 15 is 0 Å². The van der Waals surface area contributed by atoms with E-state index in [1.54, 1.807) is 7.11 Å². The molecule has 0 amide bonds. The smallest absolute Gasteiger partial charge is 0.175 e. The van der Waals surface area contributed by atoms with Crippen molar-refractivity contribution in [2.75, 3.05) is 7.11 Å². The van der Waals surface area contributed by atoms with E-state index in [1.807, 2.05) is 0 Å². The standard InChI is InChI=1S/C11H21NO3/c1-11(2)4-6-7(5-11)15-10(14-3)8(12)9(6)13/h6-10,13H,4-5,12H2,1-3H3. The summed E-state index contributed by atoms with van der Waals surface area (Å²) in [4.78, 5) is 0. The molecule has 0 aromatic rings. The van der Waals surface area contributed by atoms with Gasteiger partial charge in [0, 0.05) is 13.0 Å². The predicted molar refractivity (Wildman–Crippen MR) is 56.2 cm³/mol. The van der Waals surface area contributed by atoms with Gasteiger partial charge in [0.1, 0.15) is 0 Å². The molecule has 4 nitrogen and oxygen atoms in total. The molecule has 2 fully saturated rings. The lowest BCUT2D eigenvalue weighted by Crippen LogP contribution is -2.57. The molecule has 1 saturated heterocycles. The van der Waals surface area contributed by atoms with Crippen molar-refractivity contribution < 1.29 is 14.6 Å². The molecule has 0 spiro atoms. The molecule has 1 saturated carbocycles. The highest BCUT2D eigenvalue weighted by Gasteiger charge is 2.50. The second kappa shape index (κ2) is 3.70. The zero-order valence-electron chi connectivity index (χ0n) is 9.64. The predicted octanol–water partition coefficient (Wildman–Crippen LogP) is 0.482. The van der Waals surface area contributed by atoms with Crippen LogP contribution in [-0.4, -0.2) is 36.8 Å². The van der Waals surface area contributed by atoms with Crippen molar-refractivity contribution in [2.45, 2.75) is 51.2 Å². The molecule has 0 aromatic heterocycles. The first-order valence-corrected chi connectivity index (χ1v) is 5.56. The van der Waals surface area contributed by atoms with Crippen LogP contribution in [0, 0.1) is 11.3 Å². The van der Waals surface area contributed by atoms with Crippen molar-refractivity contribution in [1.29, 1.82) is 0 Å². The van der Waals surface area contributed by atoms with Gasteiger partial charge in [-0.2, -0.15) is 0 Å². The zero-order valence-corrected chi connectivity index (χ0v) is 9.64. The SMILES string of the molecule is COC1OC2CC(C)(C)CC2C(O)C1N. The second-order valence-corrected chi connectivity index (χ2v) is 5.58. The fourth-order valence-electron chi connectivity index (χ4n) is 2.96. The molecule has 3 N–H and O–H groups in total. The second-order valence-electron chi connectivity index (χ2n) is 5.58. The summed E-state index contributed by atoms with van der Waals surface area (Å²) in [5.41, 5.74) is 6.11. The van der Waals surface area contributed by atoms with Gasteiger partial charge < -0.3 is 20.3 Å². The Kier molecular flexibility index (Phi) is 2.79. The number of nitrogens with two attached hydrogens (primary N) is 1. The van der Waals surface area contributed by atoms with Crippen LogP contribution in [0.15, 0.2) is 0 Å². The molecular formula is C11H21NO3. The van der Waals surface area contributed by atoms with Crippen molar-refractivity contribution in [2.24, 2.45) is 17.1 Å². The summed E-state index contributed by atoms with van der Waals surface area (Å²) in [7, 11) is 1.57. The number of hydrogen-bond acceptors (Lipinski definition) is 4. The molecule has 15 heavy (non-hydrogen) atoms. The number of hydrogen-bond donors (Lipinski definition) is 2. The number of rotatable bonds is 1. The van der Waals surface area contributed by atoms with Gasteiger partial charge in [-0.15, -0.1) is 0 Å². The zero-order chi connectivity index (χ0) is 11.2. The van der Waals surface area contributed by atoms with Gasteiger partial charge in [0.25, 0.3) is 0 Å². The van der Waals surface area contributed by atoms with Gasteiger partial charge >= 0.3 is 0 Å². The lowest BCUT2D eigenvalue weighted by atomic mass is 9.87. The summed E-state index contributed by atoms with van der Waals surface area (Å²) >= 11 is 0. The van der Waals surface area contributed by atoms with Crippen molar-refractivity contribution in [3.05, 3.63) is 0 Å². The minimum Gasteiger partial charge on any atom is -0.391 e. The first-order chi connectivity index (χ1) is 6.94. The Morgan fingerprint density at radius 3 is 2.67 bits per heavy atom. The van der Waals surface area contributed by atoms with Crippen molar-refractivity contribution in [3.63, 3.8) is 0 Å². The Morgan fingerprint density at radius 1 is 1.40 bits per heavy atom. The maximum atomic E-state index is 10.1. The first kappa shape index (κ1) is 11.3. The fourth-order valence-corrected chi connectivity index (χ4v) is 2.96. The van der Waals surface area contributed by atoms with Crippen molar-refractivity contribution >= 4 is 0 Å². The van der Waals surface area contributed by atoms with Crippen LogP contribution in [0.3, 0.4) is 0 Å². The maximum Gasteiger partial charge on any atom is 0.175 e. The Labute approximate surface area is 90.7 Å². The van der Waals surface area contributed by atoms with Crippen LogP contribution in [0.4, 0.5) is 0 Å². The van der Waals surface area contributed by atoms with E-state index in [1.165, 1.54) is 0 Å². The Bertz CT molecular complexity index is 244. The van der Waals surface area contributed by atoms with E-state index in [9.17, 15) is 5.11 Å². The summed E-state index contributed by atoms with van der Waals surface area (Å²) in [5.74, 6) is 0.168. The highest BCUT2D eigenvalue weighted by Crippen LogP contribution is 2.47. The molecule has 0 bridgehead atoms. The minimum atomic E-state index is -0.504. The fraction of sp³-hybridized carbons (Fsp3) is 1.00. The summed E-state index contributed by atoms with van der Waals surface area (Å²) in [5, 5.41) is 10.1. The monoisotopic (exact) mass is 215 g/mol. The van der Waals surface area contributed by atoms with Gasteiger partial charge in [-0.25, -0.2) is 0 Å². The molecule has 88 valence electrons. The summed E-state index contributed by atoms with van der Waals surface area (Å²) in [6.07, 6.45) is 1.08. The maximum absolute atomic E-state index is 10.1. The van der Waals surface area contributed by atoms with Crippen molar-refractivity contribution in [3.8, 4) is 0 Å². The molecule has 2 rings (SSSR count). The van der Waals surface area contributed by atoms with Crippen LogP contribution in [0.25, 0.3) is 0 Å². The van der Waals surface area contributed by atoms with Gasteiger partial charge in [-0.3, -0.25) is 0 Å². The van der Waals surface area contributed by atoms with Crippen LogP contribution < -0.4 is 5.73 Å². The summed E-state index contributed by atoms with van der Waals surface area (Å²) < 4.78 is 10.9.